The van der Waals surface area contributed by atoms with E-state index >= 15 is 0 Å². The van der Waals surface area contributed by atoms with Crippen molar-refractivity contribution in [3.8, 4) is 0 Å². The monoisotopic (exact) mass is 214 g/mol. The van der Waals surface area contributed by atoms with Crippen LogP contribution in [0.25, 0.3) is 0 Å². The van der Waals surface area contributed by atoms with Gasteiger partial charge in [-0.2, -0.15) is 0 Å². The van der Waals surface area contributed by atoms with Crippen LogP contribution in [0.4, 0.5) is 0 Å². The SMILES string of the molecule is CCCN(CCC)C(=P)N1CCC1=O. The summed E-state index contributed by atoms with van der Waals surface area (Å²) < 4.78 is 0. The Kier molecular flexibility index (Phi) is 4.56. The van der Waals surface area contributed by atoms with Crippen molar-refractivity contribution in [2.45, 2.75) is 33.1 Å². The minimum Gasteiger partial charge on any atom is -0.299 e. The van der Waals surface area contributed by atoms with Gasteiger partial charge in [-0.15, -0.1) is 0 Å². The van der Waals surface area contributed by atoms with E-state index < -0.39 is 0 Å². The van der Waals surface area contributed by atoms with E-state index in [9.17, 15) is 4.79 Å². The molecule has 80 valence electrons. The lowest BCUT2D eigenvalue weighted by atomic mass is 10.2. The van der Waals surface area contributed by atoms with Crippen LogP contribution in [0.3, 0.4) is 0 Å². The number of hydrogen-bond acceptors (Lipinski definition) is 1. The molecule has 0 aromatic carbocycles. The van der Waals surface area contributed by atoms with E-state index in [4.69, 9.17) is 0 Å². The first kappa shape index (κ1) is 11.7. The highest BCUT2D eigenvalue weighted by atomic mass is 31.0. The molecule has 1 fully saturated rings. The molecule has 4 heteroatoms. The first-order valence-electron chi connectivity index (χ1n) is 5.34. The van der Waals surface area contributed by atoms with Crippen molar-refractivity contribution in [1.82, 2.24) is 9.80 Å². The van der Waals surface area contributed by atoms with Gasteiger partial charge in [0.05, 0.1) is 0 Å². The molecule has 0 bridgehead atoms. The molecule has 14 heavy (non-hydrogen) atoms. The molecule has 0 unspecified atom stereocenters. The molecule has 1 heterocycles. The molecule has 3 nitrogen and oxygen atoms in total. The molecule has 1 saturated heterocycles. The summed E-state index contributed by atoms with van der Waals surface area (Å²) in [6.07, 6.45) is 2.91. The molecule has 0 N–H and O–H groups in total. The van der Waals surface area contributed by atoms with Gasteiger partial charge in [0.15, 0.2) is 0 Å². The highest BCUT2D eigenvalue weighted by Gasteiger charge is 2.28. The first-order valence-corrected chi connectivity index (χ1v) is 5.84. The van der Waals surface area contributed by atoms with Gasteiger partial charge in [0.2, 0.25) is 5.91 Å². The molecule has 0 aromatic heterocycles. The Labute approximate surface area is 88.3 Å². The fourth-order valence-corrected chi connectivity index (χ4v) is 2.03. The smallest absolute Gasteiger partial charge is 0.229 e. The largest absolute Gasteiger partial charge is 0.299 e. The topological polar surface area (TPSA) is 23.6 Å². The van der Waals surface area contributed by atoms with Crippen molar-refractivity contribution >= 4 is 20.3 Å². The lowest BCUT2D eigenvalue weighted by Crippen LogP contribution is -2.53. The van der Waals surface area contributed by atoms with E-state index in [1.807, 2.05) is 4.90 Å². The highest BCUT2D eigenvalue weighted by Crippen LogP contribution is 2.13. The summed E-state index contributed by atoms with van der Waals surface area (Å²) in [5.41, 5.74) is 0.949. The summed E-state index contributed by atoms with van der Waals surface area (Å²) in [5.74, 6) is 0.229. The van der Waals surface area contributed by atoms with E-state index in [2.05, 4.69) is 27.6 Å². The van der Waals surface area contributed by atoms with Crippen molar-refractivity contribution in [2.75, 3.05) is 19.6 Å². The Morgan fingerprint density at radius 2 is 2.00 bits per heavy atom. The minimum atomic E-state index is 0.229. The zero-order valence-corrected chi connectivity index (χ0v) is 10.0. The number of carbonyl (C=O) groups excluding carboxylic acids is 1. The molecule has 0 spiro atoms. The third-order valence-electron chi connectivity index (χ3n) is 2.39. The summed E-state index contributed by atoms with van der Waals surface area (Å²) in [6, 6.07) is 0. The molecule has 0 aromatic rings. The molecule has 0 atom stereocenters. The van der Waals surface area contributed by atoms with Gasteiger partial charge in [-0.05, 0) is 12.8 Å². The number of likely N-dealkylation sites (tertiary alicyclic amines) is 1. The maximum Gasteiger partial charge on any atom is 0.229 e. The lowest BCUT2D eigenvalue weighted by Gasteiger charge is -2.37. The number of carbonyl (C=O) groups is 1. The number of amides is 1. The zero-order valence-electron chi connectivity index (χ0n) is 9.05. The summed E-state index contributed by atoms with van der Waals surface area (Å²) >= 11 is 0. The zero-order chi connectivity index (χ0) is 10.6. The summed E-state index contributed by atoms with van der Waals surface area (Å²) in [4.78, 5) is 15.3. The Balaban J connectivity index is 2.49. The number of rotatable bonds is 6. The molecular weight excluding hydrogens is 195 g/mol. The number of β-lactam (4-membered cyclic amide) rings is 1. The van der Waals surface area contributed by atoms with E-state index in [0.717, 1.165) is 38.0 Å². The average molecular weight is 214 g/mol. The molecule has 0 radical (unpaired) electrons. The predicted octanol–water partition coefficient (Wildman–Crippen LogP) is 1.57. The second-order valence-corrected chi connectivity index (χ2v) is 4.05. The van der Waals surface area contributed by atoms with Crippen LogP contribution in [0.1, 0.15) is 33.1 Å². The van der Waals surface area contributed by atoms with E-state index in [0.29, 0.717) is 6.42 Å². The van der Waals surface area contributed by atoms with Gasteiger partial charge in [0, 0.05) is 26.1 Å². The Morgan fingerprint density at radius 3 is 2.29 bits per heavy atom. The predicted molar refractivity (Wildman–Crippen MR) is 61.8 cm³/mol. The van der Waals surface area contributed by atoms with Gasteiger partial charge in [0.1, 0.15) is 5.54 Å². The average Bonchev–Trinajstić information content (AvgIpc) is 2.15. The van der Waals surface area contributed by atoms with Crippen molar-refractivity contribution < 1.29 is 4.79 Å². The minimum absolute atomic E-state index is 0.229. The number of hydrogen-bond donors (Lipinski definition) is 0. The van der Waals surface area contributed by atoms with E-state index in [1.165, 1.54) is 0 Å². The standard InChI is InChI=1S/C10H19N2OP/c1-3-6-11(7-4-2)10(14)12-8-5-9(12)13/h14H,3-8H2,1-2H3. The van der Waals surface area contributed by atoms with Gasteiger partial charge < -0.3 is 0 Å². The van der Waals surface area contributed by atoms with Crippen LogP contribution in [-0.4, -0.2) is 40.9 Å². The molecule has 1 aliphatic heterocycles. The van der Waals surface area contributed by atoms with Crippen LogP contribution < -0.4 is 0 Å². The Morgan fingerprint density at radius 1 is 1.43 bits per heavy atom. The van der Waals surface area contributed by atoms with Crippen LogP contribution in [0, 0.1) is 0 Å². The normalized spacial score (nSPS) is 15.9. The Hall–Kier alpha value is -0.400. The maximum atomic E-state index is 11.2. The van der Waals surface area contributed by atoms with Crippen LogP contribution in [0.5, 0.6) is 0 Å². The lowest BCUT2D eigenvalue weighted by molar-refractivity contribution is -0.134. The fourth-order valence-electron chi connectivity index (χ4n) is 1.57. The van der Waals surface area contributed by atoms with Gasteiger partial charge in [-0.25, -0.2) is 0 Å². The van der Waals surface area contributed by atoms with Crippen molar-refractivity contribution in [3.63, 3.8) is 0 Å². The Bertz CT molecular complexity index is 224. The third-order valence-corrected chi connectivity index (χ3v) is 2.98. The molecule has 0 saturated carbocycles. The molecule has 1 amide bonds. The number of nitrogens with zero attached hydrogens (tertiary/aromatic N) is 2. The molecule has 0 aliphatic carbocycles. The summed E-state index contributed by atoms with van der Waals surface area (Å²) in [6.45, 7) is 7.19. The van der Waals surface area contributed by atoms with Crippen LogP contribution in [0.15, 0.2) is 0 Å². The summed E-state index contributed by atoms with van der Waals surface area (Å²) in [7, 11) is 3.57. The van der Waals surface area contributed by atoms with Crippen molar-refractivity contribution in [3.05, 3.63) is 0 Å². The second-order valence-electron chi connectivity index (χ2n) is 3.61. The van der Waals surface area contributed by atoms with E-state index in [-0.39, 0.29) is 5.91 Å². The molecular formula is C10H19N2OP. The summed E-state index contributed by atoms with van der Waals surface area (Å²) in [5, 5.41) is 0. The van der Waals surface area contributed by atoms with Gasteiger partial charge in [0.25, 0.3) is 0 Å². The van der Waals surface area contributed by atoms with Crippen molar-refractivity contribution in [1.29, 1.82) is 0 Å². The quantitative estimate of drug-likeness (QED) is 0.495. The van der Waals surface area contributed by atoms with Crippen LogP contribution in [-0.2, 0) is 4.79 Å². The van der Waals surface area contributed by atoms with Gasteiger partial charge in [-0.3, -0.25) is 14.6 Å². The van der Waals surface area contributed by atoms with Crippen LogP contribution >= 0.6 is 8.86 Å². The van der Waals surface area contributed by atoms with Gasteiger partial charge in [-0.1, -0.05) is 22.7 Å². The molecule has 1 rings (SSSR count). The second kappa shape index (κ2) is 5.47. The van der Waals surface area contributed by atoms with E-state index in [1.54, 1.807) is 0 Å². The molecule has 1 aliphatic rings. The van der Waals surface area contributed by atoms with Crippen LogP contribution in [0.2, 0.25) is 0 Å². The fraction of sp³-hybridized carbons (Fsp3) is 0.800. The maximum absolute atomic E-state index is 11.2. The van der Waals surface area contributed by atoms with Crippen molar-refractivity contribution in [2.24, 2.45) is 0 Å². The third kappa shape index (κ3) is 2.55. The highest BCUT2D eigenvalue weighted by molar-refractivity contribution is 7.20. The first-order chi connectivity index (χ1) is 6.70. The van der Waals surface area contributed by atoms with Gasteiger partial charge >= 0.3 is 0 Å².